The third kappa shape index (κ3) is 3.45. The molecule has 0 aromatic carbocycles. The Morgan fingerprint density at radius 3 is 2.58 bits per heavy atom. The summed E-state index contributed by atoms with van der Waals surface area (Å²) < 4.78 is 5.75. The van der Waals surface area contributed by atoms with Crippen LogP contribution in [0.3, 0.4) is 0 Å². The van der Waals surface area contributed by atoms with Crippen LogP contribution in [0.5, 0.6) is 0 Å². The summed E-state index contributed by atoms with van der Waals surface area (Å²) in [6, 6.07) is 5.07. The summed E-state index contributed by atoms with van der Waals surface area (Å²) in [5.74, 6) is 1.07. The molecule has 1 aromatic rings. The molecular formula is C15H23N3O. The van der Waals surface area contributed by atoms with Gasteiger partial charge < -0.3 is 15.0 Å². The van der Waals surface area contributed by atoms with Crippen LogP contribution >= 0.6 is 0 Å². The van der Waals surface area contributed by atoms with E-state index in [1.807, 2.05) is 6.20 Å². The van der Waals surface area contributed by atoms with Gasteiger partial charge >= 0.3 is 0 Å². The van der Waals surface area contributed by atoms with Crippen molar-refractivity contribution in [3.8, 4) is 0 Å². The molecule has 1 N–H and O–H groups in total. The Hall–Kier alpha value is -1.13. The normalized spacial score (nSPS) is 27.6. The summed E-state index contributed by atoms with van der Waals surface area (Å²) >= 11 is 0. The van der Waals surface area contributed by atoms with Crippen molar-refractivity contribution in [2.45, 2.75) is 51.5 Å². The van der Waals surface area contributed by atoms with E-state index in [0.29, 0.717) is 0 Å². The van der Waals surface area contributed by atoms with Crippen LogP contribution in [0, 0.1) is 0 Å². The largest absolute Gasteiger partial charge is 0.372 e. The smallest absolute Gasteiger partial charge is 0.128 e. The van der Waals surface area contributed by atoms with Crippen LogP contribution in [0.25, 0.3) is 0 Å². The standard InChI is InChI=1S/C15H23N3O/c1-11-9-18(10-12(2)19-11)15-6-3-13(8-17-15)7-16-14-4-5-14/h3,6,8,11-12,14,16H,4-5,7,9-10H2,1-2H3. The first-order valence-electron chi connectivity index (χ1n) is 7.29. The van der Waals surface area contributed by atoms with Crippen LogP contribution in [-0.2, 0) is 11.3 Å². The van der Waals surface area contributed by atoms with E-state index in [2.05, 4.69) is 41.2 Å². The monoisotopic (exact) mass is 261 g/mol. The first kappa shape index (κ1) is 12.9. The number of aromatic nitrogens is 1. The second-order valence-electron chi connectivity index (χ2n) is 5.84. The van der Waals surface area contributed by atoms with Gasteiger partial charge in [0.15, 0.2) is 0 Å². The molecule has 1 aliphatic heterocycles. The van der Waals surface area contributed by atoms with Gasteiger partial charge in [0.1, 0.15) is 5.82 Å². The number of hydrogen-bond acceptors (Lipinski definition) is 4. The number of hydrogen-bond donors (Lipinski definition) is 1. The topological polar surface area (TPSA) is 37.4 Å². The lowest BCUT2D eigenvalue weighted by molar-refractivity contribution is -0.00545. The molecule has 2 aliphatic rings. The second-order valence-corrected chi connectivity index (χ2v) is 5.84. The number of nitrogens with zero attached hydrogens (tertiary/aromatic N) is 2. The summed E-state index contributed by atoms with van der Waals surface area (Å²) in [7, 11) is 0. The van der Waals surface area contributed by atoms with Crippen LogP contribution in [0.15, 0.2) is 18.3 Å². The van der Waals surface area contributed by atoms with Gasteiger partial charge in [-0.05, 0) is 38.3 Å². The van der Waals surface area contributed by atoms with Crippen LogP contribution in [0.2, 0.25) is 0 Å². The fraction of sp³-hybridized carbons (Fsp3) is 0.667. The molecule has 2 fully saturated rings. The number of rotatable bonds is 4. The molecule has 104 valence electrons. The van der Waals surface area contributed by atoms with Gasteiger partial charge in [0, 0.05) is 31.9 Å². The van der Waals surface area contributed by atoms with E-state index < -0.39 is 0 Å². The van der Waals surface area contributed by atoms with Crippen molar-refractivity contribution >= 4 is 5.82 Å². The molecule has 4 nitrogen and oxygen atoms in total. The van der Waals surface area contributed by atoms with E-state index in [9.17, 15) is 0 Å². The van der Waals surface area contributed by atoms with Crippen molar-refractivity contribution in [2.75, 3.05) is 18.0 Å². The van der Waals surface area contributed by atoms with E-state index in [0.717, 1.165) is 31.5 Å². The average Bonchev–Trinajstić information content (AvgIpc) is 3.20. The van der Waals surface area contributed by atoms with E-state index in [1.54, 1.807) is 0 Å². The fourth-order valence-corrected chi connectivity index (χ4v) is 2.62. The Bertz CT molecular complexity index is 406. The molecule has 19 heavy (non-hydrogen) atoms. The van der Waals surface area contributed by atoms with E-state index in [-0.39, 0.29) is 12.2 Å². The van der Waals surface area contributed by atoms with Crippen molar-refractivity contribution in [3.05, 3.63) is 23.9 Å². The van der Waals surface area contributed by atoms with Crippen LogP contribution in [-0.4, -0.2) is 36.3 Å². The van der Waals surface area contributed by atoms with E-state index in [4.69, 9.17) is 4.74 Å². The maximum absolute atomic E-state index is 5.75. The first-order chi connectivity index (χ1) is 9.20. The van der Waals surface area contributed by atoms with Crippen LogP contribution in [0.1, 0.15) is 32.3 Å². The molecular weight excluding hydrogens is 238 g/mol. The average molecular weight is 261 g/mol. The van der Waals surface area contributed by atoms with E-state index in [1.165, 1.54) is 18.4 Å². The predicted molar refractivity (Wildman–Crippen MR) is 76.3 cm³/mol. The van der Waals surface area contributed by atoms with Crippen molar-refractivity contribution in [1.29, 1.82) is 0 Å². The number of anilines is 1. The molecule has 2 unspecified atom stereocenters. The van der Waals surface area contributed by atoms with Crippen LogP contribution < -0.4 is 10.2 Å². The molecule has 0 spiro atoms. The summed E-state index contributed by atoms with van der Waals surface area (Å²) in [5, 5.41) is 3.51. The molecule has 1 aromatic heterocycles. The van der Waals surface area contributed by atoms with Gasteiger partial charge in [-0.25, -0.2) is 4.98 Å². The lowest BCUT2D eigenvalue weighted by atomic mass is 10.2. The van der Waals surface area contributed by atoms with Gasteiger partial charge in [-0.1, -0.05) is 6.07 Å². The minimum Gasteiger partial charge on any atom is -0.372 e. The molecule has 1 saturated carbocycles. The molecule has 4 heteroatoms. The van der Waals surface area contributed by atoms with Crippen molar-refractivity contribution in [2.24, 2.45) is 0 Å². The van der Waals surface area contributed by atoms with Gasteiger partial charge in [-0.15, -0.1) is 0 Å². The first-order valence-corrected chi connectivity index (χ1v) is 7.29. The van der Waals surface area contributed by atoms with Gasteiger partial charge in [0.2, 0.25) is 0 Å². The highest BCUT2D eigenvalue weighted by atomic mass is 16.5. The SMILES string of the molecule is CC1CN(c2ccc(CNC3CC3)cn2)CC(C)O1. The fourth-order valence-electron chi connectivity index (χ4n) is 2.62. The molecule has 1 saturated heterocycles. The van der Waals surface area contributed by atoms with Crippen molar-refractivity contribution in [3.63, 3.8) is 0 Å². The van der Waals surface area contributed by atoms with Gasteiger partial charge in [0.05, 0.1) is 12.2 Å². The lowest BCUT2D eigenvalue weighted by Gasteiger charge is -2.36. The molecule has 3 rings (SSSR count). The molecule has 2 atom stereocenters. The maximum Gasteiger partial charge on any atom is 0.128 e. The molecule has 2 heterocycles. The molecule has 0 amide bonds. The van der Waals surface area contributed by atoms with Gasteiger partial charge in [-0.3, -0.25) is 0 Å². The zero-order valence-corrected chi connectivity index (χ0v) is 11.8. The Labute approximate surface area is 115 Å². The summed E-state index contributed by atoms with van der Waals surface area (Å²) in [5.41, 5.74) is 1.27. The van der Waals surface area contributed by atoms with Gasteiger partial charge in [-0.2, -0.15) is 0 Å². The molecule has 0 bridgehead atoms. The Kier molecular flexibility index (Phi) is 3.71. The minimum absolute atomic E-state index is 0.279. The number of nitrogens with one attached hydrogen (secondary N) is 1. The highest BCUT2D eigenvalue weighted by molar-refractivity contribution is 5.40. The summed E-state index contributed by atoms with van der Waals surface area (Å²) in [4.78, 5) is 6.92. The quantitative estimate of drug-likeness (QED) is 0.899. The number of ether oxygens (including phenoxy) is 1. The summed E-state index contributed by atoms with van der Waals surface area (Å²) in [6.45, 7) is 7.04. The highest BCUT2D eigenvalue weighted by Crippen LogP contribution is 2.20. The van der Waals surface area contributed by atoms with Crippen molar-refractivity contribution < 1.29 is 4.74 Å². The predicted octanol–water partition coefficient (Wildman–Crippen LogP) is 1.95. The van der Waals surface area contributed by atoms with E-state index >= 15 is 0 Å². The Balaban J connectivity index is 1.60. The zero-order chi connectivity index (χ0) is 13.2. The van der Waals surface area contributed by atoms with Crippen molar-refractivity contribution in [1.82, 2.24) is 10.3 Å². The summed E-state index contributed by atoms with van der Waals surface area (Å²) in [6.07, 6.45) is 5.21. The lowest BCUT2D eigenvalue weighted by Crippen LogP contribution is -2.45. The third-order valence-electron chi connectivity index (χ3n) is 3.72. The maximum atomic E-state index is 5.75. The van der Waals surface area contributed by atoms with Gasteiger partial charge in [0.25, 0.3) is 0 Å². The van der Waals surface area contributed by atoms with Crippen LogP contribution in [0.4, 0.5) is 5.82 Å². The third-order valence-corrected chi connectivity index (χ3v) is 3.72. The molecule has 0 radical (unpaired) electrons. The molecule has 1 aliphatic carbocycles. The zero-order valence-electron chi connectivity index (χ0n) is 11.8. The number of pyridine rings is 1. The Morgan fingerprint density at radius 2 is 2.00 bits per heavy atom. The highest BCUT2D eigenvalue weighted by Gasteiger charge is 2.23. The second kappa shape index (κ2) is 5.47. The minimum atomic E-state index is 0.279. The Morgan fingerprint density at radius 1 is 1.26 bits per heavy atom. The number of morpholine rings is 1.